The normalized spacial score (nSPS) is 10.4. The Labute approximate surface area is 92.1 Å². The summed E-state index contributed by atoms with van der Waals surface area (Å²) in [6.07, 6.45) is 1.28. The minimum Gasteiger partial charge on any atom is -0.383 e. The molecular weight excluding hydrogens is 212 g/mol. The first-order chi connectivity index (χ1) is 7.49. The highest BCUT2D eigenvalue weighted by atomic mass is 16.5. The zero-order chi connectivity index (χ0) is 12.3. The molecule has 0 aliphatic carbocycles. The lowest BCUT2D eigenvalue weighted by Gasteiger charge is -2.08. The molecule has 1 heterocycles. The standard InChI is InChI=1S/C10H14N2O4/c1-7(13)8-6-12(4-5-16-3)10(15)11(2)9(8)14/h6H,4-5H2,1-3H3. The molecule has 1 rings (SSSR count). The fourth-order valence-corrected chi connectivity index (χ4v) is 1.32. The van der Waals surface area contributed by atoms with E-state index in [1.165, 1.54) is 31.8 Å². The van der Waals surface area contributed by atoms with Gasteiger partial charge in [0.1, 0.15) is 0 Å². The summed E-state index contributed by atoms with van der Waals surface area (Å²) in [5, 5.41) is 0. The monoisotopic (exact) mass is 226 g/mol. The minimum atomic E-state index is -0.564. The van der Waals surface area contributed by atoms with E-state index in [0.29, 0.717) is 13.2 Å². The number of nitrogens with zero attached hydrogens (tertiary/aromatic N) is 2. The van der Waals surface area contributed by atoms with Crippen LogP contribution in [-0.2, 0) is 18.3 Å². The highest BCUT2D eigenvalue weighted by Gasteiger charge is 2.11. The summed E-state index contributed by atoms with van der Waals surface area (Å²) in [5.41, 5.74) is -1.00. The van der Waals surface area contributed by atoms with E-state index in [4.69, 9.17) is 4.74 Å². The van der Waals surface area contributed by atoms with Crippen molar-refractivity contribution in [3.05, 3.63) is 32.6 Å². The topological polar surface area (TPSA) is 70.3 Å². The number of ketones is 1. The van der Waals surface area contributed by atoms with Crippen LogP contribution >= 0.6 is 0 Å². The third-order valence-corrected chi connectivity index (χ3v) is 2.27. The molecule has 0 aliphatic rings. The van der Waals surface area contributed by atoms with Crippen LogP contribution in [0.3, 0.4) is 0 Å². The third kappa shape index (κ3) is 2.27. The molecule has 88 valence electrons. The second-order valence-electron chi connectivity index (χ2n) is 3.43. The number of Topliss-reactive ketones (excluding diaryl/α,β-unsaturated/α-hetero) is 1. The van der Waals surface area contributed by atoms with Crippen LogP contribution in [0.5, 0.6) is 0 Å². The van der Waals surface area contributed by atoms with Crippen molar-refractivity contribution in [3.8, 4) is 0 Å². The van der Waals surface area contributed by atoms with Gasteiger partial charge < -0.3 is 4.74 Å². The highest BCUT2D eigenvalue weighted by Crippen LogP contribution is 1.91. The Bertz CT molecular complexity index is 513. The lowest BCUT2D eigenvalue weighted by molar-refractivity contribution is 0.101. The Morgan fingerprint density at radius 3 is 2.56 bits per heavy atom. The molecule has 6 heteroatoms. The lowest BCUT2D eigenvalue weighted by atomic mass is 10.2. The fraction of sp³-hybridized carbons (Fsp3) is 0.500. The van der Waals surface area contributed by atoms with Crippen molar-refractivity contribution in [2.45, 2.75) is 13.5 Å². The van der Waals surface area contributed by atoms with E-state index in [2.05, 4.69) is 0 Å². The van der Waals surface area contributed by atoms with Gasteiger partial charge in [0.2, 0.25) is 0 Å². The zero-order valence-electron chi connectivity index (χ0n) is 9.52. The number of rotatable bonds is 4. The van der Waals surface area contributed by atoms with Crippen molar-refractivity contribution < 1.29 is 9.53 Å². The number of hydrogen-bond donors (Lipinski definition) is 0. The number of carbonyl (C=O) groups excluding carboxylic acids is 1. The quantitative estimate of drug-likeness (QED) is 0.642. The van der Waals surface area contributed by atoms with Gasteiger partial charge in [-0.15, -0.1) is 0 Å². The van der Waals surface area contributed by atoms with Gasteiger partial charge in [0.05, 0.1) is 18.7 Å². The van der Waals surface area contributed by atoms with Crippen molar-refractivity contribution in [2.24, 2.45) is 7.05 Å². The molecule has 0 aliphatic heterocycles. The van der Waals surface area contributed by atoms with Gasteiger partial charge in [-0.3, -0.25) is 18.7 Å². The van der Waals surface area contributed by atoms with E-state index in [0.717, 1.165) is 4.57 Å². The maximum absolute atomic E-state index is 11.6. The van der Waals surface area contributed by atoms with Crippen molar-refractivity contribution in [2.75, 3.05) is 13.7 Å². The predicted molar refractivity (Wildman–Crippen MR) is 57.8 cm³/mol. The van der Waals surface area contributed by atoms with Crippen LogP contribution in [-0.4, -0.2) is 28.6 Å². The maximum atomic E-state index is 11.6. The van der Waals surface area contributed by atoms with E-state index < -0.39 is 11.2 Å². The van der Waals surface area contributed by atoms with Crippen LogP contribution in [0.15, 0.2) is 15.8 Å². The van der Waals surface area contributed by atoms with Gasteiger partial charge in [0.15, 0.2) is 5.78 Å². The molecule has 0 aromatic carbocycles. The van der Waals surface area contributed by atoms with E-state index >= 15 is 0 Å². The minimum absolute atomic E-state index is 0.0122. The summed E-state index contributed by atoms with van der Waals surface area (Å²) in [6.45, 7) is 1.95. The van der Waals surface area contributed by atoms with Gasteiger partial charge in [0, 0.05) is 20.4 Å². The molecule has 0 atom stereocenters. The molecule has 16 heavy (non-hydrogen) atoms. The number of methoxy groups -OCH3 is 1. The molecule has 6 nitrogen and oxygen atoms in total. The van der Waals surface area contributed by atoms with E-state index in [9.17, 15) is 14.4 Å². The number of aromatic nitrogens is 2. The second kappa shape index (κ2) is 4.89. The summed E-state index contributed by atoms with van der Waals surface area (Å²) in [6, 6.07) is 0. The average molecular weight is 226 g/mol. The molecule has 0 fully saturated rings. The summed E-state index contributed by atoms with van der Waals surface area (Å²) >= 11 is 0. The van der Waals surface area contributed by atoms with E-state index in [1.54, 1.807) is 0 Å². The molecule has 0 saturated heterocycles. The van der Waals surface area contributed by atoms with Crippen LogP contribution in [0.25, 0.3) is 0 Å². The average Bonchev–Trinajstić information content (AvgIpc) is 2.24. The lowest BCUT2D eigenvalue weighted by Crippen LogP contribution is -2.40. The van der Waals surface area contributed by atoms with Gasteiger partial charge in [-0.05, 0) is 6.92 Å². The Kier molecular flexibility index (Phi) is 3.78. The number of hydrogen-bond acceptors (Lipinski definition) is 4. The van der Waals surface area contributed by atoms with Crippen LogP contribution in [0.4, 0.5) is 0 Å². The SMILES string of the molecule is COCCn1cc(C(C)=O)c(=O)n(C)c1=O. The first-order valence-corrected chi connectivity index (χ1v) is 4.79. The van der Waals surface area contributed by atoms with Crippen LogP contribution in [0.1, 0.15) is 17.3 Å². The molecule has 0 unspecified atom stereocenters. The number of ether oxygens (including phenoxy) is 1. The van der Waals surface area contributed by atoms with Gasteiger partial charge in [-0.25, -0.2) is 4.79 Å². The Morgan fingerprint density at radius 2 is 2.06 bits per heavy atom. The van der Waals surface area contributed by atoms with Crippen LogP contribution in [0, 0.1) is 0 Å². The van der Waals surface area contributed by atoms with Crippen LogP contribution in [0.2, 0.25) is 0 Å². The molecule has 0 amide bonds. The van der Waals surface area contributed by atoms with Gasteiger partial charge >= 0.3 is 5.69 Å². The molecule has 1 aromatic rings. The molecule has 0 saturated carbocycles. The van der Waals surface area contributed by atoms with Crippen molar-refractivity contribution in [1.82, 2.24) is 9.13 Å². The van der Waals surface area contributed by atoms with Crippen molar-refractivity contribution in [3.63, 3.8) is 0 Å². The molecular formula is C10H14N2O4. The second-order valence-corrected chi connectivity index (χ2v) is 3.43. The van der Waals surface area contributed by atoms with Crippen molar-refractivity contribution in [1.29, 1.82) is 0 Å². The fourth-order valence-electron chi connectivity index (χ4n) is 1.32. The predicted octanol–water partition coefficient (Wildman–Crippen LogP) is -0.604. The Morgan fingerprint density at radius 1 is 1.44 bits per heavy atom. The van der Waals surface area contributed by atoms with Gasteiger partial charge in [0.25, 0.3) is 5.56 Å². The summed E-state index contributed by atoms with van der Waals surface area (Å²) in [7, 11) is 2.86. The van der Waals surface area contributed by atoms with E-state index in [1.807, 2.05) is 0 Å². The van der Waals surface area contributed by atoms with Crippen molar-refractivity contribution >= 4 is 5.78 Å². The van der Waals surface area contributed by atoms with Gasteiger partial charge in [-0.2, -0.15) is 0 Å². The molecule has 0 N–H and O–H groups in total. The molecule has 0 radical (unpaired) electrons. The van der Waals surface area contributed by atoms with E-state index in [-0.39, 0.29) is 11.3 Å². The number of carbonyl (C=O) groups is 1. The summed E-state index contributed by atoms with van der Waals surface area (Å²) in [5.74, 6) is -0.355. The first-order valence-electron chi connectivity index (χ1n) is 4.79. The largest absolute Gasteiger partial charge is 0.383 e. The van der Waals surface area contributed by atoms with Crippen LogP contribution < -0.4 is 11.2 Å². The maximum Gasteiger partial charge on any atom is 0.330 e. The molecule has 0 bridgehead atoms. The smallest absolute Gasteiger partial charge is 0.330 e. The zero-order valence-corrected chi connectivity index (χ0v) is 9.52. The molecule has 0 spiro atoms. The van der Waals surface area contributed by atoms with Gasteiger partial charge in [-0.1, -0.05) is 0 Å². The summed E-state index contributed by atoms with van der Waals surface area (Å²) < 4.78 is 7.06. The Balaban J connectivity index is 3.36. The Hall–Kier alpha value is -1.69. The first kappa shape index (κ1) is 12.4. The summed E-state index contributed by atoms with van der Waals surface area (Å²) in [4.78, 5) is 34.4. The highest BCUT2D eigenvalue weighted by molar-refractivity contribution is 5.93. The molecule has 1 aromatic heterocycles. The third-order valence-electron chi connectivity index (χ3n) is 2.27.